The van der Waals surface area contributed by atoms with Crippen LogP contribution in [0.1, 0.15) is 38.5 Å². The fourth-order valence-corrected chi connectivity index (χ4v) is 6.85. The minimum Gasteiger partial charge on any atom is -0.389 e. The normalized spacial score (nSPS) is 29.6. The lowest BCUT2D eigenvalue weighted by Gasteiger charge is -2.43. The van der Waals surface area contributed by atoms with Gasteiger partial charge in [0.2, 0.25) is 15.9 Å². The highest BCUT2D eigenvalue weighted by Crippen LogP contribution is 2.31. The van der Waals surface area contributed by atoms with E-state index in [9.17, 15) is 18.3 Å². The maximum Gasteiger partial charge on any atom is 0.243 e. The smallest absolute Gasteiger partial charge is 0.243 e. The van der Waals surface area contributed by atoms with E-state index in [1.807, 2.05) is 0 Å². The van der Waals surface area contributed by atoms with Crippen LogP contribution in [0.2, 0.25) is 0 Å². The number of piperidine rings is 1. The zero-order chi connectivity index (χ0) is 24.0. The predicted molar refractivity (Wildman–Crippen MR) is 127 cm³/mol. The fourth-order valence-electron chi connectivity index (χ4n) is 5.11. The number of sulfonamides is 1. The van der Waals surface area contributed by atoms with Crippen LogP contribution >= 0.6 is 0 Å². The Morgan fingerprint density at radius 3 is 2.62 bits per heavy atom. The Morgan fingerprint density at radius 1 is 1.09 bits per heavy atom. The van der Waals surface area contributed by atoms with Gasteiger partial charge in [-0.15, -0.1) is 0 Å². The van der Waals surface area contributed by atoms with Gasteiger partial charge in [-0.2, -0.15) is 4.31 Å². The number of hydrogen-bond donors (Lipinski definition) is 2. The SMILES string of the molecule is O=C(C[C@H]1CC[C@@H]2[C@H](COC[C@@H](O)CN2S(=O)(=O)c2ccccc2)O1)NCCN1CCCCC1. The first-order chi connectivity index (χ1) is 16.4. The van der Waals surface area contributed by atoms with Gasteiger partial charge >= 0.3 is 0 Å². The highest BCUT2D eigenvalue weighted by molar-refractivity contribution is 7.89. The number of fused-ring (bicyclic) bond motifs is 1. The third-order valence-electron chi connectivity index (χ3n) is 6.90. The number of carbonyl (C=O) groups excluding carboxylic acids is 1. The second kappa shape index (κ2) is 11.9. The van der Waals surface area contributed by atoms with E-state index in [0.717, 1.165) is 19.6 Å². The molecule has 0 radical (unpaired) electrons. The number of amides is 1. The Kier molecular flexibility index (Phi) is 8.95. The Morgan fingerprint density at radius 2 is 1.85 bits per heavy atom. The van der Waals surface area contributed by atoms with Crippen molar-refractivity contribution in [2.45, 2.75) is 67.8 Å². The van der Waals surface area contributed by atoms with Crippen LogP contribution in [0, 0.1) is 0 Å². The molecule has 3 fully saturated rings. The summed E-state index contributed by atoms with van der Waals surface area (Å²) < 4.78 is 40.0. The van der Waals surface area contributed by atoms with E-state index in [4.69, 9.17) is 9.47 Å². The average Bonchev–Trinajstić information content (AvgIpc) is 2.83. The number of β-amino-alcohol motifs (C(OH)–C–C–N with tert-alkyl or cyclic N) is 1. The van der Waals surface area contributed by atoms with Crippen molar-refractivity contribution in [2.24, 2.45) is 0 Å². The Labute approximate surface area is 202 Å². The first-order valence-electron chi connectivity index (χ1n) is 12.4. The molecule has 2 N–H and O–H groups in total. The first kappa shape index (κ1) is 25.5. The van der Waals surface area contributed by atoms with E-state index in [1.165, 1.54) is 23.6 Å². The number of nitrogens with one attached hydrogen (secondary N) is 1. The Hall–Kier alpha value is -1.56. The molecule has 4 rings (SSSR count). The fraction of sp³-hybridized carbons (Fsp3) is 0.708. The lowest BCUT2D eigenvalue weighted by atomic mass is 9.96. The zero-order valence-corrected chi connectivity index (χ0v) is 20.5. The second-order valence-electron chi connectivity index (χ2n) is 9.48. The summed E-state index contributed by atoms with van der Waals surface area (Å²) in [7, 11) is -3.81. The molecule has 3 saturated heterocycles. The maximum absolute atomic E-state index is 13.4. The highest BCUT2D eigenvalue weighted by Gasteiger charge is 2.43. The van der Waals surface area contributed by atoms with Crippen molar-refractivity contribution in [3.63, 3.8) is 0 Å². The predicted octanol–water partition coefficient (Wildman–Crippen LogP) is 0.977. The van der Waals surface area contributed by atoms with E-state index < -0.39 is 28.3 Å². The minimum absolute atomic E-state index is 0.0367. The van der Waals surface area contributed by atoms with E-state index in [2.05, 4.69) is 10.2 Å². The van der Waals surface area contributed by atoms with Gasteiger partial charge in [-0.25, -0.2) is 8.42 Å². The quantitative estimate of drug-likeness (QED) is 0.580. The molecule has 0 bridgehead atoms. The number of ether oxygens (including phenoxy) is 2. The van der Waals surface area contributed by atoms with Gasteiger partial charge < -0.3 is 24.8 Å². The lowest BCUT2D eigenvalue weighted by Crippen LogP contribution is -2.57. The highest BCUT2D eigenvalue weighted by atomic mass is 32.2. The third-order valence-corrected chi connectivity index (χ3v) is 8.80. The molecule has 190 valence electrons. The molecule has 3 heterocycles. The summed E-state index contributed by atoms with van der Waals surface area (Å²) in [6.45, 7) is 3.85. The van der Waals surface area contributed by atoms with Crippen molar-refractivity contribution in [2.75, 3.05) is 45.9 Å². The van der Waals surface area contributed by atoms with Crippen molar-refractivity contribution >= 4 is 15.9 Å². The largest absolute Gasteiger partial charge is 0.389 e. The molecule has 34 heavy (non-hydrogen) atoms. The molecule has 0 saturated carbocycles. The van der Waals surface area contributed by atoms with E-state index in [1.54, 1.807) is 30.3 Å². The number of aliphatic hydroxyl groups excluding tert-OH is 1. The maximum atomic E-state index is 13.4. The van der Waals surface area contributed by atoms with Crippen molar-refractivity contribution < 1.29 is 27.8 Å². The van der Waals surface area contributed by atoms with Crippen LogP contribution in [0.25, 0.3) is 0 Å². The molecule has 1 aromatic rings. The third kappa shape index (κ3) is 6.56. The van der Waals surface area contributed by atoms with Crippen LogP contribution in [0.4, 0.5) is 0 Å². The summed E-state index contributed by atoms with van der Waals surface area (Å²) in [5.74, 6) is -0.0450. The monoisotopic (exact) mass is 495 g/mol. The van der Waals surface area contributed by atoms with Crippen LogP contribution in [-0.4, -0.2) is 98.9 Å². The molecule has 0 aliphatic carbocycles. The van der Waals surface area contributed by atoms with E-state index >= 15 is 0 Å². The molecule has 9 nitrogen and oxygen atoms in total. The van der Waals surface area contributed by atoms with Crippen LogP contribution in [-0.2, 0) is 24.3 Å². The lowest BCUT2D eigenvalue weighted by molar-refractivity contribution is -0.146. The van der Waals surface area contributed by atoms with Gasteiger partial charge in [0, 0.05) is 19.6 Å². The molecule has 3 aliphatic rings. The molecule has 4 atom stereocenters. The number of carbonyl (C=O) groups is 1. The number of hydrogen-bond acceptors (Lipinski definition) is 7. The van der Waals surface area contributed by atoms with Crippen LogP contribution in [0.15, 0.2) is 35.2 Å². The van der Waals surface area contributed by atoms with Crippen LogP contribution in [0.3, 0.4) is 0 Å². The first-order valence-corrected chi connectivity index (χ1v) is 13.8. The molecule has 0 aromatic heterocycles. The molecular weight excluding hydrogens is 458 g/mol. The second-order valence-corrected chi connectivity index (χ2v) is 11.4. The number of likely N-dealkylation sites (tertiary alicyclic amines) is 1. The molecule has 1 aromatic carbocycles. The molecular formula is C24H37N3O6S. The van der Waals surface area contributed by atoms with E-state index in [0.29, 0.717) is 19.4 Å². The number of aliphatic hydroxyl groups is 1. The van der Waals surface area contributed by atoms with Gasteiger partial charge in [-0.1, -0.05) is 24.6 Å². The summed E-state index contributed by atoms with van der Waals surface area (Å²) in [6.07, 6.45) is 3.40. The van der Waals surface area contributed by atoms with Gasteiger partial charge in [0.25, 0.3) is 0 Å². The van der Waals surface area contributed by atoms with Crippen molar-refractivity contribution in [1.82, 2.24) is 14.5 Å². The van der Waals surface area contributed by atoms with Crippen molar-refractivity contribution in [3.05, 3.63) is 30.3 Å². The number of rotatable bonds is 7. The molecule has 10 heteroatoms. The number of nitrogens with zero attached hydrogens (tertiary/aromatic N) is 2. The van der Waals surface area contributed by atoms with E-state index in [-0.39, 0.29) is 43.1 Å². The van der Waals surface area contributed by atoms with Crippen LogP contribution < -0.4 is 5.32 Å². The van der Waals surface area contributed by atoms with Gasteiger partial charge in [0.15, 0.2) is 0 Å². The molecule has 3 aliphatic heterocycles. The minimum atomic E-state index is -3.81. The van der Waals surface area contributed by atoms with Crippen molar-refractivity contribution in [1.29, 1.82) is 0 Å². The molecule has 0 unspecified atom stereocenters. The zero-order valence-electron chi connectivity index (χ0n) is 19.7. The standard InChI is InChI=1S/C24H37N3O6S/c28-19-16-27(34(30,31)21-7-3-1-4-8-21)22-10-9-20(33-23(22)18-32-17-19)15-24(29)25-11-14-26-12-5-2-6-13-26/h1,3-4,7-8,19-20,22-23,28H,2,5-6,9-18H2,(H,25,29)/t19-,20+,22+,23-/m0/s1. The van der Waals surface area contributed by atoms with Crippen molar-refractivity contribution in [3.8, 4) is 0 Å². The van der Waals surface area contributed by atoms with Gasteiger partial charge in [0.05, 0.1) is 48.9 Å². The summed E-state index contributed by atoms with van der Waals surface area (Å²) in [6, 6.07) is 7.80. The number of benzene rings is 1. The van der Waals surface area contributed by atoms with Gasteiger partial charge in [-0.05, 0) is 50.9 Å². The topological polar surface area (TPSA) is 108 Å². The average molecular weight is 496 g/mol. The molecule has 1 amide bonds. The Balaban J connectivity index is 1.35. The van der Waals surface area contributed by atoms with Gasteiger partial charge in [0.1, 0.15) is 0 Å². The summed E-state index contributed by atoms with van der Waals surface area (Å²) in [5.41, 5.74) is 0. The van der Waals surface area contributed by atoms with Gasteiger partial charge in [-0.3, -0.25) is 4.79 Å². The Bertz CT molecular complexity index is 893. The molecule has 0 spiro atoms. The summed E-state index contributed by atoms with van der Waals surface area (Å²) in [4.78, 5) is 15.1. The summed E-state index contributed by atoms with van der Waals surface area (Å²) >= 11 is 0. The van der Waals surface area contributed by atoms with Crippen LogP contribution in [0.5, 0.6) is 0 Å². The summed E-state index contributed by atoms with van der Waals surface area (Å²) in [5, 5.41) is 13.3.